The fraction of sp³-hybridized carbons (Fsp3) is 0.556. The van der Waals surface area contributed by atoms with Gasteiger partial charge in [-0.2, -0.15) is 0 Å². The highest BCUT2D eigenvalue weighted by atomic mass is 16.3. The predicted octanol–water partition coefficient (Wildman–Crippen LogP) is 3.72. The molecule has 0 N–H and O–H groups in total. The maximum atomic E-state index is 13.1. The first-order valence-corrected chi connectivity index (χ1v) is 12.3. The van der Waals surface area contributed by atoms with E-state index in [9.17, 15) is 9.59 Å². The summed E-state index contributed by atoms with van der Waals surface area (Å²) in [6.07, 6.45) is 3.51. The van der Waals surface area contributed by atoms with Crippen molar-refractivity contribution in [2.75, 3.05) is 46.3 Å². The van der Waals surface area contributed by atoms with Crippen molar-refractivity contribution in [3.05, 3.63) is 58.5 Å². The number of nitrogens with zero attached hydrogens (tertiary/aromatic N) is 3. The average molecular weight is 450 g/mol. The number of rotatable bonds is 3. The SMILES string of the molecule is Cc1cc(C(=O)N2CCC3(CC2)CC(CC(=O)N2CCN(C)CC2)c2ccccc23)c(C)o1. The van der Waals surface area contributed by atoms with E-state index in [0.29, 0.717) is 23.7 Å². The van der Waals surface area contributed by atoms with Gasteiger partial charge in [-0.3, -0.25) is 9.59 Å². The maximum Gasteiger partial charge on any atom is 0.257 e. The van der Waals surface area contributed by atoms with E-state index in [-0.39, 0.29) is 17.2 Å². The monoisotopic (exact) mass is 449 g/mol. The first-order chi connectivity index (χ1) is 15.9. The van der Waals surface area contributed by atoms with Gasteiger partial charge in [-0.1, -0.05) is 24.3 Å². The lowest BCUT2D eigenvalue weighted by Crippen LogP contribution is -2.47. The second-order valence-corrected chi connectivity index (χ2v) is 10.3. The molecule has 0 saturated carbocycles. The molecular weight excluding hydrogens is 414 g/mol. The summed E-state index contributed by atoms with van der Waals surface area (Å²) in [5.41, 5.74) is 3.51. The molecule has 6 heteroatoms. The summed E-state index contributed by atoms with van der Waals surface area (Å²) in [4.78, 5) is 32.5. The average Bonchev–Trinajstić information content (AvgIpc) is 3.31. The fourth-order valence-electron chi connectivity index (χ4n) is 6.23. The van der Waals surface area contributed by atoms with E-state index < -0.39 is 0 Å². The Kier molecular flexibility index (Phi) is 5.81. The van der Waals surface area contributed by atoms with Crippen LogP contribution in [0.15, 0.2) is 34.7 Å². The van der Waals surface area contributed by atoms with E-state index in [0.717, 1.165) is 64.3 Å². The van der Waals surface area contributed by atoms with Crippen LogP contribution in [0.4, 0.5) is 0 Å². The van der Waals surface area contributed by atoms with Gasteiger partial charge >= 0.3 is 0 Å². The Labute approximate surface area is 196 Å². The van der Waals surface area contributed by atoms with E-state index >= 15 is 0 Å². The lowest BCUT2D eigenvalue weighted by Gasteiger charge is -2.40. The molecule has 0 radical (unpaired) electrons. The van der Waals surface area contributed by atoms with Crippen LogP contribution >= 0.6 is 0 Å². The van der Waals surface area contributed by atoms with Crippen molar-refractivity contribution in [2.45, 2.75) is 50.9 Å². The second-order valence-electron chi connectivity index (χ2n) is 10.3. The van der Waals surface area contributed by atoms with Gasteiger partial charge < -0.3 is 19.1 Å². The Balaban J connectivity index is 1.29. The standard InChI is InChI=1S/C27H35N3O3/c1-19-16-23(20(2)33-19)26(32)30-10-8-27(9-11-30)18-21(22-6-4-5-7-24(22)27)17-25(31)29-14-12-28(3)13-15-29/h4-7,16,21H,8-15,17-18H2,1-3H3. The van der Waals surface area contributed by atoms with E-state index in [1.807, 2.05) is 29.7 Å². The minimum Gasteiger partial charge on any atom is -0.466 e. The van der Waals surface area contributed by atoms with E-state index in [4.69, 9.17) is 4.42 Å². The van der Waals surface area contributed by atoms with Gasteiger partial charge in [-0.05, 0) is 68.7 Å². The summed E-state index contributed by atoms with van der Waals surface area (Å²) >= 11 is 0. The summed E-state index contributed by atoms with van der Waals surface area (Å²) in [5.74, 6) is 2.12. The van der Waals surface area contributed by atoms with Gasteiger partial charge in [0.15, 0.2) is 0 Å². The molecule has 2 aromatic rings. The lowest BCUT2D eigenvalue weighted by molar-refractivity contribution is -0.133. The third-order valence-electron chi connectivity index (χ3n) is 8.17. The van der Waals surface area contributed by atoms with Gasteiger partial charge in [0.25, 0.3) is 5.91 Å². The number of piperazine rings is 1. The van der Waals surface area contributed by atoms with Crippen LogP contribution < -0.4 is 0 Å². The van der Waals surface area contributed by atoms with E-state index in [2.05, 4.69) is 36.2 Å². The van der Waals surface area contributed by atoms with Crippen molar-refractivity contribution in [1.82, 2.24) is 14.7 Å². The van der Waals surface area contributed by atoms with Gasteiger partial charge in [0.05, 0.1) is 5.56 Å². The Morgan fingerprint density at radius 1 is 1.00 bits per heavy atom. The van der Waals surface area contributed by atoms with Gasteiger partial charge in [0.1, 0.15) is 11.5 Å². The normalized spacial score (nSPS) is 22.6. The first-order valence-electron chi connectivity index (χ1n) is 12.3. The van der Waals surface area contributed by atoms with Crippen LogP contribution in [0.3, 0.4) is 0 Å². The number of hydrogen-bond acceptors (Lipinski definition) is 4. The van der Waals surface area contributed by atoms with Crippen molar-refractivity contribution in [2.24, 2.45) is 0 Å². The zero-order valence-electron chi connectivity index (χ0n) is 20.1. The molecule has 1 aromatic heterocycles. The molecule has 2 saturated heterocycles. The van der Waals surface area contributed by atoms with Gasteiger partial charge in [-0.25, -0.2) is 0 Å². The van der Waals surface area contributed by atoms with Crippen LogP contribution in [0.2, 0.25) is 0 Å². The minimum atomic E-state index is 0.0712. The van der Waals surface area contributed by atoms with Gasteiger partial charge in [-0.15, -0.1) is 0 Å². The molecule has 1 atom stereocenters. The molecule has 2 fully saturated rings. The molecule has 3 heterocycles. The lowest BCUT2D eigenvalue weighted by atomic mass is 9.73. The highest BCUT2D eigenvalue weighted by Crippen LogP contribution is 2.52. The predicted molar refractivity (Wildman–Crippen MR) is 127 cm³/mol. The quantitative estimate of drug-likeness (QED) is 0.717. The largest absolute Gasteiger partial charge is 0.466 e. The third-order valence-corrected chi connectivity index (χ3v) is 8.17. The van der Waals surface area contributed by atoms with Crippen molar-refractivity contribution in [3.63, 3.8) is 0 Å². The molecule has 176 valence electrons. The number of likely N-dealkylation sites (N-methyl/N-ethyl adjacent to an activating group) is 1. The summed E-state index contributed by atoms with van der Waals surface area (Å²) in [6, 6.07) is 10.6. The fourth-order valence-corrected chi connectivity index (χ4v) is 6.23. The number of carbonyl (C=O) groups is 2. The van der Waals surface area contributed by atoms with Crippen molar-refractivity contribution in [1.29, 1.82) is 0 Å². The molecule has 2 aliphatic heterocycles. The summed E-state index contributed by atoms with van der Waals surface area (Å²) in [7, 11) is 2.12. The van der Waals surface area contributed by atoms with Crippen LogP contribution in [0.1, 0.15) is 64.6 Å². The van der Waals surface area contributed by atoms with Gasteiger partial charge in [0, 0.05) is 45.7 Å². The molecule has 1 spiro atoms. The Morgan fingerprint density at radius 2 is 1.70 bits per heavy atom. The highest BCUT2D eigenvalue weighted by Gasteiger charge is 2.46. The molecule has 2 amide bonds. The molecule has 1 aromatic carbocycles. The highest BCUT2D eigenvalue weighted by molar-refractivity contribution is 5.95. The molecule has 1 unspecified atom stereocenters. The smallest absolute Gasteiger partial charge is 0.257 e. The zero-order valence-corrected chi connectivity index (χ0v) is 20.1. The molecule has 6 nitrogen and oxygen atoms in total. The third kappa shape index (κ3) is 4.10. The first kappa shape index (κ1) is 22.2. The molecule has 0 bridgehead atoms. The number of carbonyl (C=O) groups excluding carboxylic acids is 2. The number of aryl methyl sites for hydroxylation is 2. The number of likely N-dealkylation sites (tertiary alicyclic amines) is 1. The zero-order chi connectivity index (χ0) is 23.2. The van der Waals surface area contributed by atoms with Crippen LogP contribution in [0.25, 0.3) is 0 Å². The Hall–Kier alpha value is -2.60. The van der Waals surface area contributed by atoms with Crippen LogP contribution in [0.5, 0.6) is 0 Å². The van der Waals surface area contributed by atoms with Crippen molar-refractivity contribution >= 4 is 11.8 Å². The summed E-state index contributed by atoms with van der Waals surface area (Å²) < 4.78 is 5.59. The number of benzene rings is 1. The molecule has 1 aliphatic carbocycles. The maximum absolute atomic E-state index is 13.1. The molecule has 3 aliphatic rings. The number of hydrogen-bond donors (Lipinski definition) is 0. The van der Waals surface area contributed by atoms with Crippen molar-refractivity contribution in [3.8, 4) is 0 Å². The van der Waals surface area contributed by atoms with Crippen LogP contribution in [-0.2, 0) is 10.2 Å². The molecule has 5 rings (SSSR count). The Morgan fingerprint density at radius 3 is 2.36 bits per heavy atom. The summed E-state index contributed by atoms with van der Waals surface area (Å²) in [6.45, 7) is 8.81. The number of amides is 2. The topological polar surface area (TPSA) is 57.0 Å². The molecular formula is C27H35N3O3. The van der Waals surface area contributed by atoms with Crippen molar-refractivity contribution < 1.29 is 14.0 Å². The van der Waals surface area contributed by atoms with E-state index in [1.54, 1.807) is 0 Å². The summed E-state index contributed by atoms with van der Waals surface area (Å²) in [5, 5.41) is 0. The molecule has 33 heavy (non-hydrogen) atoms. The van der Waals surface area contributed by atoms with Gasteiger partial charge in [0.2, 0.25) is 5.91 Å². The number of furan rings is 1. The van der Waals surface area contributed by atoms with Crippen LogP contribution in [0, 0.1) is 13.8 Å². The minimum absolute atomic E-state index is 0.0712. The van der Waals surface area contributed by atoms with Crippen LogP contribution in [-0.4, -0.2) is 72.8 Å². The van der Waals surface area contributed by atoms with E-state index in [1.165, 1.54) is 11.1 Å². The number of piperidine rings is 1. The second kappa shape index (κ2) is 8.64. The number of fused-ring (bicyclic) bond motifs is 2. The Bertz CT molecular complexity index is 1040.